The molecule has 0 aliphatic carbocycles. The van der Waals surface area contributed by atoms with Crippen molar-refractivity contribution in [3.8, 4) is 0 Å². The Bertz CT molecular complexity index is 812. The van der Waals surface area contributed by atoms with Gasteiger partial charge in [-0.3, -0.25) is 9.59 Å². The molecule has 0 unspecified atom stereocenters. The molecule has 0 aliphatic rings. The lowest BCUT2D eigenvalue weighted by Gasteiger charge is -2.29. The number of carbonyl (C=O) groups excluding carboxylic acids is 2. The fourth-order valence-corrected chi connectivity index (χ4v) is 2.94. The van der Waals surface area contributed by atoms with Crippen LogP contribution in [0, 0.1) is 0 Å². The van der Waals surface area contributed by atoms with Gasteiger partial charge < -0.3 is 19.1 Å². The van der Waals surface area contributed by atoms with Gasteiger partial charge in [-0.25, -0.2) is 0 Å². The average Bonchev–Trinajstić information content (AvgIpc) is 3.12. The Labute approximate surface area is 173 Å². The highest BCUT2D eigenvalue weighted by Crippen LogP contribution is 2.09. The summed E-state index contributed by atoms with van der Waals surface area (Å²) in [5.74, 6) is -0.277. The van der Waals surface area contributed by atoms with Crippen molar-refractivity contribution in [1.82, 2.24) is 14.4 Å². The third kappa shape index (κ3) is 6.91. The predicted octanol–water partition coefficient (Wildman–Crippen LogP) is 2.95. The Morgan fingerprint density at radius 1 is 1.14 bits per heavy atom. The van der Waals surface area contributed by atoms with E-state index in [9.17, 15) is 9.59 Å². The number of aromatic nitrogens is 1. The van der Waals surface area contributed by atoms with Crippen LogP contribution in [0.3, 0.4) is 0 Å². The van der Waals surface area contributed by atoms with Crippen LogP contribution < -0.4 is 0 Å². The van der Waals surface area contributed by atoms with Crippen molar-refractivity contribution < 1.29 is 14.3 Å². The number of rotatable bonds is 10. The molecule has 0 atom stereocenters. The number of ether oxygens (including phenoxy) is 1. The van der Waals surface area contributed by atoms with E-state index in [0.717, 1.165) is 11.3 Å². The fourth-order valence-electron chi connectivity index (χ4n) is 2.94. The average molecular weight is 398 g/mol. The molecule has 0 saturated heterocycles. The number of nitrogens with zero attached hydrogens (tertiary/aromatic N) is 3. The Balaban J connectivity index is 2.09. The summed E-state index contributed by atoms with van der Waals surface area (Å²) in [7, 11) is 3.57. The predicted molar refractivity (Wildman–Crippen MR) is 115 cm³/mol. The van der Waals surface area contributed by atoms with Gasteiger partial charge in [0.25, 0.3) is 0 Å². The van der Waals surface area contributed by atoms with Crippen LogP contribution in [-0.4, -0.2) is 59.0 Å². The summed E-state index contributed by atoms with van der Waals surface area (Å²) >= 11 is 0. The van der Waals surface area contributed by atoms with E-state index in [0.29, 0.717) is 19.7 Å². The highest BCUT2D eigenvalue weighted by atomic mass is 16.5. The molecule has 6 nitrogen and oxygen atoms in total. The van der Waals surface area contributed by atoms with Crippen molar-refractivity contribution in [1.29, 1.82) is 0 Å². The standard InChI is InChI=1S/C23H31N3O3/c1-19(2)26(22(27)13-12-20-9-6-5-7-10-20)18-23(28)25(15-16-29-4)17-21-11-8-14-24(21)3/h5-14,19H,15-18H2,1-4H3. The lowest BCUT2D eigenvalue weighted by Crippen LogP contribution is -2.46. The van der Waals surface area contributed by atoms with Gasteiger partial charge in [0.05, 0.1) is 13.2 Å². The number of benzene rings is 1. The van der Waals surface area contributed by atoms with Gasteiger partial charge in [-0.15, -0.1) is 0 Å². The van der Waals surface area contributed by atoms with Gasteiger partial charge in [0.2, 0.25) is 11.8 Å². The van der Waals surface area contributed by atoms with Gasteiger partial charge in [0.1, 0.15) is 6.54 Å². The highest BCUT2D eigenvalue weighted by molar-refractivity contribution is 5.94. The topological polar surface area (TPSA) is 54.8 Å². The molecule has 156 valence electrons. The molecule has 1 heterocycles. The summed E-state index contributed by atoms with van der Waals surface area (Å²) in [5.41, 5.74) is 1.97. The molecule has 0 bridgehead atoms. The zero-order chi connectivity index (χ0) is 21.2. The van der Waals surface area contributed by atoms with Gasteiger partial charge in [0, 0.05) is 44.7 Å². The Hall–Kier alpha value is -2.86. The molecule has 6 heteroatoms. The number of carbonyl (C=O) groups is 2. The van der Waals surface area contributed by atoms with Crippen LogP contribution in [0.2, 0.25) is 0 Å². The molecule has 0 N–H and O–H groups in total. The molecule has 2 amide bonds. The molecule has 0 radical (unpaired) electrons. The second kappa shape index (κ2) is 11.2. The lowest BCUT2D eigenvalue weighted by molar-refractivity contribution is -0.140. The van der Waals surface area contributed by atoms with Gasteiger partial charge in [-0.2, -0.15) is 0 Å². The minimum absolute atomic E-state index is 0.0315. The minimum atomic E-state index is -0.178. The van der Waals surface area contributed by atoms with Gasteiger partial charge in [0.15, 0.2) is 0 Å². The van der Waals surface area contributed by atoms with E-state index < -0.39 is 0 Å². The van der Waals surface area contributed by atoms with Crippen molar-refractivity contribution >= 4 is 17.9 Å². The van der Waals surface area contributed by atoms with Crippen LogP contribution >= 0.6 is 0 Å². The molecular formula is C23H31N3O3. The minimum Gasteiger partial charge on any atom is -0.383 e. The second-order valence-electron chi connectivity index (χ2n) is 7.22. The highest BCUT2D eigenvalue weighted by Gasteiger charge is 2.22. The van der Waals surface area contributed by atoms with E-state index in [-0.39, 0.29) is 24.4 Å². The van der Waals surface area contributed by atoms with Crippen molar-refractivity contribution in [3.63, 3.8) is 0 Å². The summed E-state index contributed by atoms with van der Waals surface area (Å²) in [6.07, 6.45) is 5.25. The van der Waals surface area contributed by atoms with E-state index in [1.54, 1.807) is 23.0 Å². The molecule has 0 aliphatic heterocycles. The van der Waals surface area contributed by atoms with Gasteiger partial charge in [-0.1, -0.05) is 30.3 Å². The molecular weight excluding hydrogens is 366 g/mol. The molecule has 1 aromatic carbocycles. The summed E-state index contributed by atoms with van der Waals surface area (Å²) in [6.45, 7) is 5.26. The third-order valence-corrected chi connectivity index (χ3v) is 4.75. The van der Waals surface area contributed by atoms with E-state index >= 15 is 0 Å². The van der Waals surface area contributed by atoms with Gasteiger partial charge in [-0.05, 0) is 37.6 Å². The van der Waals surface area contributed by atoms with Crippen LogP contribution in [-0.2, 0) is 27.9 Å². The third-order valence-electron chi connectivity index (χ3n) is 4.75. The SMILES string of the molecule is COCCN(Cc1cccn1C)C(=O)CN(C(=O)C=Cc1ccccc1)C(C)C. The first kappa shape index (κ1) is 22.4. The normalized spacial score (nSPS) is 11.2. The molecule has 29 heavy (non-hydrogen) atoms. The van der Waals surface area contributed by atoms with E-state index in [1.807, 2.05) is 74.1 Å². The maximum absolute atomic E-state index is 13.0. The first-order valence-electron chi connectivity index (χ1n) is 9.83. The second-order valence-corrected chi connectivity index (χ2v) is 7.22. The summed E-state index contributed by atoms with van der Waals surface area (Å²) < 4.78 is 7.15. The van der Waals surface area contributed by atoms with E-state index in [2.05, 4.69) is 0 Å². The Morgan fingerprint density at radius 2 is 1.86 bits per heavy atom. The fraction of sp³-hybridized carbons (Fsp3) is 0.391. The van der Waals surface area contributed by atoms with Crippen molar-refractivity contribution in [3.05, 3.63) is 66.0 Å². The van der Waals surface area contributed by atoms with Crippen LogP contribution in [0.15, 0.2) is 54.7 Å². The number of hydrogen-bond donors (Lipinski definition) is 0. The maximum atomic E-state index is 13.0. The Kier molecular flexibility index (Phi) is 8.68. The zero-order valence-corrected chi connectivity index (χ0v) is 17.7. The van der Waals surface area contributed by atoms with Gasteiger partial charge >= 0.3 is 0 Å². The van der Waals surface area contributed by atoms with E-state index in [4.69, 9.17) is 4.74 Å². The largest absolute Gasteiger partial charge is 0.383 e. The van der Waals surface area contributed by atoms with Crippen LogP contribution in [0.5, 0.6) is 0 Å². The van der Waals surface area contributed by atoms with Crippen LogP contribution in [0.25, 0.3) is 6.08 Å². The molecule has 0 saturated carbocycles. The molecule has 2 aromatic rings. The molecule has 1 aromatic heterocycles. The quantitative estimate of drug-likeness (QED) is 0.579. The van der Waals surface area contributed by atoms with Crippen molar-refractivity contribution in [2.45, 2.75) is 26.4 Å². The lowest BCUT2D eigenvalue weighted by atomic mass is 10.2. The number of amides is 2. The monoisotopic (exact) mass is 397 g/mol. The van der Waals surface area contributed by atoms with Crippen molar-refractivity contribution in [2.24, 2.45) is 7.05 Å². The van der Waals surface area contributed by atoms with E-state index in [1.165, 1.54) is 6.08 Å². The summed E-state index contributed by atoms with van der Waals surface area (Å²) in [6, 6.07) is 13.5. The summed E-state index contributed by atoms with van der Waals surface area (Å²) in [5, 5.41) is 0. The zero-order valence-electron chi connectivity index (χ0n) is 17.7. The molecule has 2 rings (SSSR count). The first-order chi connectivity index (χ1) is 13.9. The molecule has 0 spiro atoms. The van der Waals surface area contributed by atoms with Crippen LogP contribution in [0.1, 0.15) is 25.1 Å². The summed E-state index contributed by atoms with van der Waals surface area (Å²) in [4.78, 5) is 29.1. The number of hydrogen-bond acceptors (Lipinski definition) is 3. The van der Waals surface area contributed by atoms with Crippen molar-refractivity contribution in [2.75, 3.05) is 26.8 Å². The number of aryl methyl sites for hydroxylation is 1. The maximum Gasteiger partial charge on any atom is 0.247 e. The van der Waals surface area contributed by atoms with Crippen LogP contribution in [0.4, 0.5) is 0 Å². The first-order valence-corrected chi connectivity index (χ1v) is 9.83. The molecule has 0 fully saturated rings. The Morgan fingerprint density at radius 3 is 2.45 bits per heavy atom. The number of methoxy groups -OCH3 is 1. The smallest absolute Gasteiger partial charge is 0.247 e.